The molecule has 3 nitrogen and oxygen atoms in total. The van der Waals surface area contributed by atoms with Crippen molar-refractivity contribution in [2.45, 2.75) is 39.0 Å². The van der Waals surface area contributed by atoms with Gasteiger partial charge in [-0.3, -0.25) is 4.79 Å². The van der Waals surface area contributed by atoms with Crippen molar-refractivity contribution in [1.82, 2.24) is 10.3 Å². The molecule has 0 aliphatic heterocycles. The van der Waals surface area contributed by atoms with E-state index in [2.05, 4.69) is 29.4 Å². The highest BCUT2D eigenvalue weighted by atomic mass is 32.2. The average Bonchev–Trinajstić information content (AvgIpc) is 2.91. The van der Waals surface area contributed by atoms with Gasteiger partial charge in [-0.1, -0.05) is 37.3 Å². The summed E-state index contributed by atoms with van der Waals surface area (Å²) in [6, 6.07) is 10.3. The number of benzene rings is 1. The highest BCUT2D eigenvalue weighted by molar-refractivity contribution is 7.98. The van der Waals surface area contributed by atoms with E-state index < -0.39 is 0 Å². The minimum atomic E-state index is 0.117. The number of hydrogen-bond donors (Lipinski definition) is 1. The van der Waals surface area contributed by atoms with Crippen LogP contribution in [0.4, 0.5) is 0 Å². The Balaban J connectivity index is 1.64. The Morgan fingerprint density at radius 1 is 1.32 bits per heavy atom. The number of rotatable bonds is 8. The molecule has 0 saturated heterocycles. The normalized spacial score (nSPS) is 10.6. The van der Waals surface area contributed by atoms with E-state index in [1.807, 2.05) is 25.1 Å². The minimum Gasteiger partial charge on any atom is -0.351 e. The van der Waals surface area contributed by atoms with Crippen LogP contribution >= 0.6 is 23.1 Å². The van der Waals surface area contributed by atoms with Gasteiger partial charge in [-0.15, -0.1) is 11.3 Å². The maximum atomic E-state index is 11.9. The Hall–Kier alpha value is -1.33. The first-order chi connectivity index (χ1) is 10.7. The van der Waals surface area contributed by atoms with Gasteiger partial charge in [-0.25, -0.2) is 4.98 Å². The highest BCUT2D eigenvalue weighted by Crippen LogP contribution is 2.18. The summed E-state index contributed by atoms with van der Waals surface area (Å²) in [6.45, 7) is 4.71. The molecule has 0 bridgehead atoms. The average molecular weight is 335 g/mol. The zero-order valence-electron chi connectivity index (χ0n) is 13.1. The molecule has 1 N–H and O–H groups in total. The third-order valence-electron chi connectivity index (χ3n) is 3.27. The fourth-order valence-electron chi connectivity index (χ4n) is 2.00. The molecule has 0 radical (unpaired) electrons. The maximum Gasteiger partial charge on any atom is 0.221 e. The first-order valence-corrected chi connectivity index (χ1v) is 9.49. The molecule has 1 amide bonds. The highest BCUT2D eigenvalue weighted by Gasteiger charge is 2.08. The van der Waals surface area contributed by atoms with E-state index in [0.717, 1.165) is 28.6 Å². The molecule has 1 aromatic heterocycles. The van der Waals surface area contributed by atoms with Crippen molar-refractivity contribution >= 4 is 29.0 Å². The van der Waals surface area contributed by atoms with E-state index in [1.54, 1.807) is 23.1 Å². The summed E-state index contributed by atoms with van der Waals surface area (Å²) >= 11 is 3.49. The monoisotopic (exact) mass is 334 g/mol. The number of nitrogens with one attached hydrogen (secondary N) is 1. The Morgan fingerprint density at radius 2 is 2.09 bits per heavy atom. The number of nitrogens with zero attached hydrogens (tertiary/aromatic N) is 1. The number of thiazole rings is 1. The summed E-state index contributed by atoms with van der Waals surface area (Å²) < 4.78 is 0. The first kappa shape index (κ1) is 17.0. The molecule has 22 heavy (non-hydrogen) atoms. The second kappa shape index (κ2) is 8.96. The number of thioether (sulfide) groups is 1. The molecule has 1 aromatic carbocycles. The van der Waals surface area contributed by atoms with Gasteiger partial charge in [0, 0.05) is 22.8 Å². The van der Waals surface area contributed by atoms with Gasteiger partial charge in [0.1, 0.15) is 0 Å². The molecule has 0 aliphatic rings. The van der Waals surface area contributed by atoms with Gasteiger partial charge in [0.2, 0.25) is 5.91 Å². The summed E-state index contributed by atoms with van der Waals surface area (Å²) in [5.74, 6) is 1.93. The van der Waals surface area contributed by atoms with Crippen LogP contribution in [0.1, 0.15) is 34.5 Å². The standard InChI is InChI=1S/C17H22N2OS2/c1-3-17-19-13(2)15(22-17)11-18-16(20)9-10-21-12-14-7-5-4-6-8-14/h4-8H,3,9-12H2,1-2H3,(H,18,20). The van der Waals surface area contributed by atoms with Gasteiger partial charge >= 0.3 is 0 Å². The molecule has 0 atom stereocenters. The number of aromatic nitrogens is 1. The number of carbonyl (C=O) groups excluding carboxylic acids is 1. The van der Waals surface area contributed by atoms with E-state index >= 15 is 0 Å². The lowest BCUT2D eigenvalue weighted by Gasteiger charge is -2.04. The van der Waals surface area contributed by atoms with Crippen LogP contribution in [0.2, 0.25) is 0 Å². The summed E-state index contributed by atoms with van der Waals surface area (Å²) in [4.78, 5) is 17.5. The Bertz CT molecular complexity index is 596. The summed E-state index contributed by atoms with van der Waals surface area (Å²) in [5, 5.41) is 4.13. The number of amides is 1. The second-order valence-corrected chi connectivity index (χ2v) is 7.31. The number of carbonyl (C=O) groups is 1. The van der Waals surface area contributed by atoms with Crippen LogP contribution in [0.25, 0.3) is 0 Å². The lowest BCUT2D eigenvalue weighted by atomic mass is 10.2. The SMILES string of the molecule is CCc1nc(C)c(CNC(=O)CCSCc2ccccc2)s1. The van der Waals surface area contributed by atoms with Crippen LogP contribution in [0.3, 0.4) is 0 Å². The van der Waals surface area contributed by atoms with Crippen molar-refractivity contribution < 1.29 is 4.79 Å². The quantitative estimate of drug-likeness (QED) is 0.743. The van der Waals surface area contributed by atoms with Crippen LogP contribution in [0.5, 0.6) is 0 Å². The molecule has 1 heterocycles. The molecule has 2 aromatic rings. The van der Waals surface area contributed by atoms with E-state index in [1.165, 1.54) is 10.4 Å². The van der Waals surface area contributed by atoms with Crippen molar-refractivity contribution in [3.05, 3.63) is 51.5 Å². The number of aryl methyl sites for hydroxylation is 2. The van der Waals surface area contributed by atoms with Crippen LogP contribution in [0.15, 0.2) is 30.3 Å². The van der Waals surface area contributed by atoms with Gasteiger partial charge in [0.15, 0.2) is 0 Å². The molecule has 0 aliphatic carbocycles. The fraction of sp³-hybridized carbons (Fsp3) is 0.412. The van der Waals surface area contributed by atoms with Gasteiger partial charge < -0.3 is 5.32 Å². The number of hydrogen-bond acceptors (Lipinski definition) is 4. The molecule has 2 rings (SSSR count). The van der Waals surface area contributed by atoms with Crippen LogP contribution in [0, 0.1) is 6.92 Å². The maximum absolute atomic E-state index is 11.9. The van der Waals surface area contributed by atoms with E-state index in [4.69, 9.17) is 0 Å². The zero-order valence-corrected chi connectivity index (χ0v) is 14.7. The van der Waals surface area contributed by atoms with Gasteiger partial charge in [-0.2, -0.15) is 11.8 Å². The predicted octanol–water partition coefficient (Wildman–Crippen LogP) is 3.95. The third-order valence-corrected chi connectivity index (χ3v) is 5.60. The van der Waals surface area contributed by atoms with E-state index in [-0.39, 0.29) is 5.91 Å². The van der Waals surface area contributed by atoms with Gasteiger partial charge in [0.05, 0.1) is 17.2 Å². The largest absolute Gasteiger partial charge is 0.351 e. The van der Waals surface area contributed by atoms with Crippen molar-refractivity contribution in [3.63, 3.8) is 0 Å². The third kappa shape index (κ3) is 5.46. The van der Waals surface area contributed by atoms with Gasteiger partial charge in [0.25, 0.3) is 0 Å². The van der Waals surface area contributed by atoms with E-state index in [9.17, 15) is 4.79 Å². The molecule has 5 heteroatoms. The predicted molar refractivity (Wildman–Crippen MR) is 95.3 cm³/mol. The summed E-state index contributed by atoms with van der Waals surface area (Å²) in [6.07, 6.45) is 1.52. The van der Waals surface area contributed by atoms with Crippen LogP contribution < -0.4 is 5.32 Å². The molecule has 0 unspecified atom stereocenters. The van der Waals surface area contributed by atoms with Crippen molar-refractivity contribution in [3.8, 4) is 0 Å². The molecule has 0 spiro atoms. The van der Waals surface area contributed by atoms with Crippen molar-refractivity contribution in [2.75, 3.05) is 5.75 Å². The van der Waals surface area contributed by atoms with Gasteiger partial charge in [-0.05, 0) is 18.9 Å². The zero-order chi connectivity index (χ0) is 15.8. The topological polar surface area (TPSA) is 42.0 Å². The van der Waals surface area contributed by atoms with Crippen molar-refractivity contribution in [1.29, 1.82) is 0 Å². The smallest absolute Gasteiger partial charge is 0.221 e. The van der Waals surface area contributed by atoms with Crippen LogP contribution in [-0.4, -0.2) is 16.6 Å². The molecule has 0 saturated carbocycles. The summed E-state index contributed by atoms with van der Waals surface area (Å²) in [7, 11) is 0. The second-order valence-electron chi connectivity index (χ2n) is 5.03. The lowest BCUT2D eigenvalue weighted by molar-refractivity contribution is -0.120. The molecular weight excluding hydrogens is 312 g/mol. The lowest BCUT2D eigenvalue weighted by Crippen LogP contribution is -2.22. The Kier molecular flexibility index (Phi) is 6.93. The minimum absolute atomic E-state index is 0.117. The fourth-order valence-corrected chi connectivity index (χ4v) is 3.85. The molecule has 118 valence electrons. The van der Waals surface area contributed by atoms with Crippen LogP contribution in [-0.2, 0) is 23.5 Å². The van der Waals surface area contributed by atoms with E-state index in [0.29, 0.717) is 13.0 Å². The first-order valence-electron chi connectivity index (χ1n) is 7.52. The molecular formula is C17H22N2OS2. The Labute approximate surface area is 140 Å². The molecule has 0 fully saturated rings. The Morgan fingerprint density at radius 3 is 2.77 bits per heavy atom. The summed E-state index contributed by atoms with van der Waals surface area (Å²) in [5.41, 5.74) is 2.35. The van der Waals surface area contributed by atoms with Crippen molar-refractivity contribution in [2.24, 2.45) is 0 Å².